The fourth-order valence-electron chi connectivity index (χ4n) is 4.59. The SMILES string of the molecule is O[C@@H](CN1[C@@H]2CC[C@H]1CC(c1ccccc1)C2)c1cccc(Br)c1. The van der Waals surface area contributed by atoms with Gasteiger partial charge < -0.3 is 5.11 Å². The smallest absolute Gasteiger partial charge is 0.0917 e. The minimum absolute atomic E-state index is 0.404. The molecule has 2 aliphatic rings. The van der Waals surface area contributed by atoms with Crippen LogP contribution in [-0.2, 0) is 0 Å². The maximum absolute atomic E-state index is 10.7. The summed E-state index contributed by atoms with van der Waals surface area (Å²) in [7, 11) is 0. The molecular formula is C21H24BrNO. The molecule has 2 fully saturated rings. The molecule has 0 aromatic heterocycles. The summed E-state index contributed by atoms with van der Waals surface area (Å²) >= 11 is 3.50. The highest BCUT2D eigenvalue weighted by Gasteiger charge is 2.41. The molecule has 2 aliphatic heterocycles. The molecule has 0 amide bonds. The molecule has 2 saturated heterocycles. The molecule has 0 spiro atoms. The summed E-state index contributed by atoms with van der Waals surface area (Å²) in [6.45, 7) is 0.757. The number of aliphatic hydroxyl groups is 1. The predicted octanol–water partition coefficient (Wildman–Crippen LogP) is 4.89. The summed E-state index contributed by atoms with van der Waals surface area (Å²) in [4.78, 5) is 2.57. The molecule has 4 rings (SSSR count). The van der Waals surface area contributed by atoms with Gasteiger partial charge in [0.05, 0.1) is 6.10 Å². The van der Waals surface area contributed by atoms with Crippen LogP contribution in [0.15, 0.2) is 59.1 Å². The molecule has 0 aliphatic carbocycles. The first-order valence-corrected chi connectivity index (χ1v) is 9.74. The monoisotopic (exact) mass is 385 g/mol. The maximum Gasteiger partial charge on any atom is 0.0917 e. The number of piperidine rings is 1. The topological polar surface area (TPSA) is 23.5 Å². The molecule has 1 N–H and O–H groups in total. The van der Waals surface area contributed by atoms with Crippen LogP contribution in [-0.4, -0.2) is 28.6 Å². The Balaban J connectivity index is 1.45. The van der Waals surface area contributed by atoms with Gasteiger partial charge in [-0.05, 0) is 54.9 Å². The Hall–Kier alpha value is -1.16. The van der Waals surface area contributed by atoms with E-state index in [9.17, 15) is 5.11 Å². The Labute approximate surface area is 152 Å². The number of hydrogen-bond donors (Lipinski definition) is 1. The van der Waals surface area contributed by atoms with Gasteiger partial charge in [-0.15, -0.1) is 0 Å². The molecule has 2 aromatic carbocycles. The summed E-state index contributed by atoms with van der Waals surface area (Å²) in [6, 6.07) is 20.3. The fraction of sp³-hybridized carbons (Fsp3) is 0.429. The number of fused-ring (bicyclic) bond motifs is 2. The highest BCUT2D eigenvalue weighted by atomic mass is 79.9. The highest BCUT2D eigenvalue weighted by Crippen LogP contribution is 2.43. The Kier molecular flexibility index (Phi) is 4.75. The largest absolute Gasteiger partial charge is 0.387 e. The number of hydrogen-bond acceptors (Lipinski definition) is 2. The van der Waals surface area contributed by atoms with Crippen LogP contribution in [0.2, 0.25) is 0 Å². The van der Waals surface area contributed by atoms with Crippen molar-refractivity contribution in [3.63, 3.8) is 0 Å². The second-order valence-corrected chi connectivity index (χ2v) is 8.15. The Bertz CT molecular complexity index is 675. The Morgan fingerprint density at radius 3 is 2.38 bits per heavy atom. The van der Waals surface area contributed by atoms with Gasteiger partial charge in [0.1, 0.15) is 0 Å². The zero-order valence-corrected chi connectivity index (χ0v) is 15.4. The van der Waals surface area contributed by atoms with E-state index in [2.05, 4.69) is 51.2 Å². The zero-order valence-electron chi connectivity index (χ0n) is 13.8. The van der Waals surface area contributed by atoms with Crippen LogP contribution >= 0.6 is 15.9 Å². The van der Waals surface area contributed by atoms with Gasteiger partial charge in [-0.2, -0.15) is 0 Å². The first-order chi connectivity index (χ1) is 11.7. The summed E-state index contributed by atoms with van der Waals surface area (Å²) in [5, 5.41) is 10.7. The van der Waals surface area contributed by atoms with Crippen LogP contribution in [0.25, 0.3) is 0 Å². The highest BCUT2D eigenvalue weighted by molar-refractivity contribution is 9.10. The molecule has 126 valence electrons. The van der Waals surface area contributed by atoms with Crippen LogP contribution in [0, 0.1) is 0 Å². The van der Waals surface area contributed by atoms with Gasteiger partial charge in [0.25, 0.3) is 0 Å². The van der Waals surface area contributed by atoms with Crippen molar-refractivity contribution in [2.45, 2.75) is 49.8 Å². The molecule has 2 aromatic rings. The number of halogens is 1. The molecule has 24 heavy (non-hydrogen) atoms. The second kappa shape index (κ2) is 6.99. The van der Waals surface area contributed by atoms with Gasteiger partial charge in [0, 0.05) is 23.1 Å². The van der Waals surface area contributed by atoms with E-state index in [0.29, 0.717) is 18.0 Å². The average molecular weight is 386 g/mol. The van der Waals surface area contributed by atoms with Crippen molar-refractivity contribution in [2.24, 2.45) is 0 Å². The molecule has 0 saturated carbocycles. The van der Waals surface area contributed by atoms with Crippen molar-refractivity contribution in [2.75, 3.05) is 6.54 Å². The van der Waals surface area contributed by atoms with Gasteiger partial charge in [-0.3, -0.25) is 4.90 Å². The molecule has 2 bridgehead atoms. The third-order valence-corrected chi connectivity index (χ3v) is 6.27. The standard InChI is InChI=1S/C21H24BrNO/c22-18-8-4-7-16(11-18)21(24)14-23-19-9-10-20(23)13-17(12-19)15-5-2-1-3-6-15/h1-8,11,17,19-21,24H,9-10,12-14H2/t17?,19-,20+,21-/m0/s1. The van der Waals surface area contributed by atoms with Crippen LogP contribution in [0.3, 0.4) is 0 Å². The molecule has 4 atom stereocenters. The van der Waals surface area contributed by atoms with E-state index < -0.39 is 6.10 Å². The summed E-state index contributed by atoms with van der Waals surface area (Å²) < 4.78 is 1.03. The molecule has 3 heteroatoms. The van der Waals surface area contributed by atoms with Crippen molar-refractivity contribution in [1.82, 2.24) is 4.90 Å². The fourth-order valence-corrected chi connectivity index (χ4v) is 5.01. The van der Waals surface area contributed by atoms with E-state index in [1.165, 1.54) is 31.2 Å². The second-order valence-electron chi connectivity index (χ2n) is 7.23. The van der Waals surface area contributed by atoms with Gasteiger partial charge in [0.2, 0.25) is 0 Å². The van der Waals surface area contributed by atoms with Crippen molar-refractivity contribution in [1.29, 1.82) is 0 Å². The molecule has 2 nitrogen and oxygen atoms in total. The average Bonchev–Trinajstić information content (AvgIpc) is 2.83. The molecule has 1 unspecified atom stereocenters. The quantitative estimate of drug-likeness (QED) is 0.809. The minimum Gasteiger partial charge on any atom is -0.387 e. The normalized spacial score (nSPS) is 28.0. The lowest BCUT2D eigenvalue weighted by Gasteiger charge is -2.40. The zero-order chi connectivity index (χ0) is 16.5. The van der Waals surface area contributed by atoms with Crippen LogP contribution in [0.5, 0.6) is 0 Å². The van der Waals surface area contributed by atoms with E-state index >= 15 is 0 Å². The number of benzene rings is 2. The predicted molar refractivity (Wildman–Crippen MR) is 101 cm³/mol. The van der Waals surface area contributed by atoms with E-state index in [-0.39, 0.29) is 0 Å². The lowest BCUT2D eigenvalue weighted by atomic mass is 9.85. The number of aliphatic hydroxyl groups excluding tert-OH is 1. The third-order valence-electron chi connectivity index (χ3n) is 5.77. The summed E-state index contributed by atoms with van der Waals surface area (Å²) in [5.74, 6) is 0.683. The minimum atomic E-state index is -0.404. The van der Waals surface area contributed by atoms with E-state index in [1.54, 1.807) is 0 Å². The molecular weight excluding hydrogens is 362 g/mol. The lowest BCUT2D eigenvalue weighted by molar-refractivity contribution is 0.0557. The van der Waals surface area contributed by atoms with Crippen LogP contribution in [0.1, 0.15) is 48.8 Å². The van der Waals surface area contributed by atoms with Gasteiger partial charge in [-0.25, -0.2) is 0 Å². The molecule has 0 radical (unpaired) electrons. The van der Waals surface area contributed by atoms with Crippen LogP contribution in [0.4, 0.5) is 0 Å². The van der Waals surface area contributed by atoms with Gasteiger partial charge in [0.15, 0.2) is 0 Å². The Morgan fingerprint density at radius 2 is 1.71 bits per heavy atom. The van der Waals surface area contributed by atoms with Crippen molar-refractivity contribution >= 4 is 15.9 Å². The lowest BCUT2D eigenvalue weighted by Crippen LogP contribution is -2.44. The number of rotatable bonds is 4. The van der Waals surface area contributed by atoms with Crippen molar-refractivity contribution < 1.29 is 5.11 Å². The summed E-state index contributed by atoms with van der Waals surface area (Å²) in [6.07, 6.45) is 4.61. The molecule has 2 heterocycles. The van der Waals surface area contributed by atoms with E-state index in [4.69, 9.17) is 0 Å². The summed E-state index contributed by atoms with van der Waals surface area (Å²) in [5.41, 5.74) is 2.50. The third kappa shape index (κ3) is 3.30. The van der Waals surface area contributed by atoms with Gasteiger partial charge >= 0.3 is 0 Å². The first kappa shape index (κ1) is 16.3. The van der Waals surface area contributed by atoms with Crippen molar-refractivity contribution in [3.8, 4) is 0 Å². The van der Waals surface area contributed by atoms with Crippen molar-refractivity contribution in [3.05, 3.63) is 70.2 Å². The number of nitrogens with zero attached hydrogens (tertiary/aromatic N) is 1. The Morgan fingerprint density at radius 1 is 1.00 bits per heavy atom. The van der Waals surface area contributed by atoms with Crippen LogP contribution < -0.4 is 0 Å². The van der Waals surface area contributed by atoms with Gasteiger partial charge in [-0.1, -0.05) is 58.4 Å². The first-order valence-electron chi connectivity index (χ1n) is 8.95. The van der Waals surface area contributed by atoms with E-state index in [1.807, 2.05) is 24.3 Å². The van der Waals surface area contributed by atoms with E-state index in [0.717, 1.165) is 16.6 Å². The maximum atomic E-state index is 10.7.